The van der Waals surface area contributed by atoms with E-state index < -0.39 is 0 Å². The third-order valence-corrected chi connectivity index (χ3v) is 3.09. The van der Waals surface area contributed by atoms with Gasteiger partial charge in [-0.15, -0.1) is 0 Å². The fourth-order valence-electron chi connectivity index (χ4n) is 2.00. The molecule has 106 valence electrons. The summed E-state index contributed by atoms with van der Waals surface area (Å²) in [6.07, 6.45) is 0.781. The van der Waals surface area contributed by atoms with Crippen LogP contribution >= 0.6 is 0 Å². The average molecular weight is 264 g/mol. The number of amides is 1. The van der Waals surface area contributed by atoms with E-state index in [0.29, 0.717) is 13.1 Å². The number of methoxy groups -OCH3 is 1. The van der Waals surface area contributed by atoms with Crippen LogP contribution in [0.1, 0.15) is 18.1 Å². The second-order valence-electron chi connectivity index (χ2n) is 4.82. The molecular formula is C15H24N2O2. The van der Waals surface area contributed by atoms with Crippen molar-refractivity contribution in [3.63, 3.8) is 0 Å². The molecule has 0 aliphatic rings. The molecule has 0 fully saturated rings. The third kappa shape index (κ3) is 4.91. The topological polar surface area (TPSA) is 50.4 Å². The molecule has 0 radical (unpaired) electrons. The highest BCUT2D eigenvalue weighted by Gasteiger charge is 2.11. The van der Waals surface area contributed by atoms with Gasteiger partial charge in [0.2, 0.25) is 5.91 Å². The van der Waals surface area contributed by atoms with Crippen molar-refractivity contribution in [3.05, 3.63) is 29.3 Å². The quantitative estimate of drug-likeness (QED) is 0.785. The molecule has 0 bridgehead atoms. The first-order valence-electron chi connectivity index (χ1n) is 6.64. The number of carbonyl (C=O) groups excluding carboxylic acids is 1. The Labute approximate surface area is 115 Å². The fraction of sp³-hybridized carbons (Fsp3) is 0.533. The van der Waals surface area contributed by atoms with E-state index in [1.165, 1.54) is 5.56 Å². The second kappa shape index (κ2) is 7.79. The SMILES string of the molecule is CNCC(C)C(=O)NCCc1cc(C)ccc1OC. The Hall–Kier alpha value is -1.55. The van der Waals surface area contributed by atoms with Crippen LogP contribution in [0.5, 0.6) is 5.75 Å². The summed E-state index contributed by atoms with van der Waals surface area (Å²) in [5.74, 6) is 0.952. The number of benzene rings is 1. The maximum absolute atomic E-state index is 11.8. The Kier molecular flexibility index (Phi) is 6.36. The Balaban J connectivity index is 2.49. The Morgan fingerprint density at radius 3 is 2.79 bits per heavy atom. The van der Waals surface area contributed by atoms with Gasteiger partial charge in [-0.05, 0) is 32.0 Å². The number of ether oxygens (including phenoxy) is 1. The van der Waals surface area contributed by atoms with Crippen LogP contribution < -0.4 is 15.4 Å². The average Bonchev–Trinajstić information content (AvgIpc) is 2.39. The summed E-state index contributed by atoms with van der Waals surface area (Å²) >= 11 is 0. The fourth-order valence-corrected chi connectivity index (χ4v) is 2.00. The molecule has 19 heavy (non-hydrogen) atoms. The van der Waals surface area contributed by atoms with Gasteiger partial charge in [0.15, 0.2) is 0 Å². The standard InChI is InChI=1S/C15H24N2O2/c1-11-5-6-14(19-4)13(9-11)7-8-17-15(18)12(2)10-16-3/h5-6,9,12,16H,7-8,10H2,1-4H3,(H,17,18). The lowest BCUT2D eigenvalue weighted by Crippen LogP contribution is -2.35. The van der Waals surface area contributed by atoms with Crippen LogP contribution in [0.15, 0.2) is 18.2 Å². The minimum atomic E-state index is -0.00981. The number of rotatable bonds is 7. The van der Waals surface area contributed by atoms with Crippen molar-refractivity contribution in [1.82, 2.24) is 10.6 Å². The summed E-state index contributed by atoms with van der Waals surface area (Å²) in [7, 11) is 3.52. The van der Waals surface area contributed by atoms with Gasteiger partial charge in [-0.25, -0.2) is 0 Å². The van der Waals surface area contributed by atoms with Gasteiger partial charge in [0.05, 0.1) is 7.11 Å². The summed E-state index contributed by atoms with van der Waals surface area (Å²) in [4.78, 5) is 11.8. The van der Waals surface area contributed by atoms with Gasteiger partial charge in [-0.2, -0.15) is 0 Å². The van der Waals surface area contributed by atoms with E-state index in [1.807, 2.05) is 26.1 Å². The van der Waals surface area contributed by atoms with Crippen molar-refractivity contribution in [3.8, 4) is 5.75 Å². The monoisotopic (exact) mass is 264 g/mol. The zero-order valence-corrected chi connectivity index (χ0v) is 12.2. The minimum Gasteiger partial charge on any atom is -0.496 e. The van der Waals surface area contributed by atoms with Gasteiger partial charge in [0, 0.05) is 19.0 Å². The molecular weight excluding hydrogens is 240 g/mol. The predicted octanol–water partition coefficient (Wildman–Crippen LogP) is 1.52. The predicted molar refractivity (Wildman–Crippen MR) is 77.5 cm³/mol. The molecule has 1 unspecified atom stereocenters. The number of hydrogen-bond acceptors (Lipinski definition) is 3. The molecule has 1 rings (SSSR count). The van der Waals surface area contributed by atoms with Crippen molar-refractivity contribution in [2.24, 2.45) is 5.92 Å². The lowest BCUT2D eigenvalue weighted by molar-refractivity contribution is -0.124. The molecule has 1 atom stereocenters. The molecule has 4 heteroatoms. The van der Waals surface area contributed by atoms with Crippen molar-refractivity contribution in [1.29, 1.82) is 0 Å². The molecule has 0 aliphatic heterocycles. The Morgan fingerprint density at radius 1 is 1.42 bits per heavy atom. The van der Waals surface area contributed by atoms with Crippen LogP contribution in [0.3, 0.4) is 0 Å². The number of aryl methyl sites for hydroxylation is 1. The zero-order valence-electron chi connectivity index (χ0n) is 12.2. The Morgan fingerprint density at radius 2 is 2.16 bits per heavy atom. The van der Waals surface area contributed by atoms with Crippen molar-refractivity contribution in [2.75, 3.05) is 27.2 Å². The molecule has 4 nitrogen and oxygen atoms in total. The maximum Gasteiger partial charge on any atom is 0.224 e. The highest BCUT2D eigenvalue weighted by molar-refractivity contribution is 5.78. The smallest absolute Gasteiger partial charge is 0.224 e. The molecule has 0 spiro atoms. The molecule has 2 N–H and O–H groups in total. The lowest BCUT2D eigenvalue weighted by atomic mass is 10.1. The number of carbonyl (C=O) groups is 1. The third-order valence-electron chi connectivity index (χ3n) is 3.09. The molecule has 1 aromatic carbocycles. The van der Waals surface area contributed by atoms with Crippen LogP contribution in [0, 0.1) is 12.8 Å². The van der Waals surface area contributed by atoms with E-state index in [-0.39, 0.29) is 11.8 Å². The van der Waals surface area contributed by atoms with Crippen LogP contribution in [0.4, 0.5) is 0 Å². The van der Waals surface area contributed by atoms with E-state index in [1.54, 1.807) is 7.11 Å². The van der Waals surface area contributed by atoms with Crippen LogP contribution in [-0.4, -0.2) is 33.2 Å². The van der Waals surface area contributed by atoms with E-state index in [9.17, 15) is 4.79 Å². The maximum atomic E-state index is 11.8. The summed E-state index contributed by atoms with van der Waals surface area (Å²) in [5, 5.41) is 5.95. The number of nitrogens with one attached hydrogen (secondary N) is 2. The van der Waals surface area contributed by atoms with Crippen LogP contribution in [-0.2, 0) is 11.2 Å². The van der Waals surface area contributed by atoms with Gasteiger partial charge in [-0.1, -0.05) is 24.6 Å². The second-order valence-corrected chi connectivity index (χ2v) is 4.82. The van der Waals surface area contributed by atoms with Crippen molar-refractivity contribution < 1.29 is 9.53 Å². The highest BCUT2D eigenvalue weighted by Crippen LogP contribution is 2.19. The molecule has 0 saturated carbocycles. The molecule has 1 amide bonds. The first kappa shape index (κ1) is 15.5. The van der Waals surface area contributed by atoms with Crippen molar-refractivity contribution in [2.45, 2.75) is 20.3 Å². The first-order valence-corrected chi connectivity index (χ1v) is 6.64. The van der Waals surface area contributed by atoms with E-state index in [4.69, 9.17) is 4.74 Å². The van der Waals surface area contributed by atoms with Gasteiger partial charge in [0.25, 0.3) is 0 Å². The van der Waals surface area contributed by atoms with Gasteiger partial charge >= 0.3 is 0 Å². The molecule has 1 aromatic rings. The van der Waals surface area contributed by atoms with Crippen LogP contribution in [0.2, 0.25) is 0 Å². The summed E-state index contributed by atoms with van der Waals surface area (Å²) in [6.45, 7) is 5.29. The van der Waals surface area contributed by atoms with E-state index >= 15 is 0 Å². The first-order chi connectivity index (χ1) is 9.08. The van der Waals surface area contributed by atoms with Crippen LogP contribution in [0.25, 0.3) is 0 Å². The summed E-state index contributed by atoms with van der Waals surface area (Å²) < 4.78 is 5.32. The molecule has 0 saturated heterocycles. The summed E-state index contributed by atoms with van der Waals surface area (Å²) in [6, 6.07) is 6.09. The zero-order chi connectivity index (χ0) is 14.3. The summed E-state index contributed by atoms with van der Waals surface area (Å²) in [5.41, 5.74) is 2.33. The van der Waals surface area contributed by atoms with Gasteiger partial charge < -0.3 is 15.4 Å². The lowest BCUT2D eigenvalue weighted by Gasteiger charge is -2.13. The van der Waals surface area contributed by atoms with E-state index in [0.717, 1.165) is 17.7 Å². The minimum absolute atomic E-state index is 0.00981. The number of hydrogen-bond donors (Lipinski definition) is 2. The molecule has 0 aliphatic carbocycles. The Bertz CT molecular complexity index is 419. The van der Waals surface area contributed by atoms with E-state index in [2.05, 4.69) is 23.6 Å². The van der Waals surface area contributed by atoms with Gasteiger partial charge in [-0.3, -0.25) is 4.79 Å². The molecule has 0 aromatic heterocycles. The largest absolute Gasteiger partial charge is 0.496 e. The van der Waals surface area contributed by atoms with Crippen molar-refractivity contribution >= 4 is 5.91 Å². The normalized spacial score (nSPS) is 12.0. The van der Waals surface area contributed by atoms with Gasteiger partial charge in [0.1, 0.15) is 5.75 Å². The molecule has 0 heterocycles. The highest BCUT2D eigenvalue weighted by atomic mass is 16.5.